The number of β-amino-alcohol motifs (C(OH)–C–C–N with tert-alkyl or cyclic N) is 1. The van der Waals surface area contributed by atoms with Crippen LogP contribution in [0.25, 0.3) is 21.8 Å². The summed E-state index contributed by atoms with van der Waals surface area (Å²) in [5, 5.41) is 15.2. The fourth-order valence-electron chi connectivity index (χ4n) is 3.37. The fraction of sp³-hybridized carbons (Fsp3) is 0.174. The Morgan fingerprint density at radius 1 is 1.19 bits per heavy atom. The number of ether oxygens (including phenoxy) is 1. The molecule has 31 heavy (non-hydrogen) atoms. The maximum atomic E-state index is 12.7. The van der Waals surface area contributed by atoms with Gasteiger partial charge < -0.3 is 20.1 Å². The highest BCUT2D eigenvalue weighted by molar-refractivity contribution is 7.13. The number of aliphatic hydroxyl groups is 1. The SMILES string of the molecule is COC(=O)C1=C(Nc2cccc(-c3csc(-c4ccccc4)n3)c2)C(=O)N(CCO)C1. The summed E-state index contributed by atoms with van der Waals surface area (Å²) in [4.78, 5) is 31.0. The lowest BCUT2D eigenvalue weighted by Crippen LogP contribution is -2.31. The van der Waals surface area contributed by atoms with Crippen LogP contribution in [-0.4, -0.2) is 53.7 Å². The zero-order valence-corrected chi connectivity index (χ0v) is 17.7. The first-order valence-corrected chi connectivity index (χ1v) is 10.6. The molecule has 2 heterocycles. The minimum Gasteiger partial charge on any atom is -0.466 e. The molecule has 0 unspecified atom stereocenters. The number of rotatable bonds is 7. The van der Waals surface area contributed by atoms with Gasteiger partial charge in [0.25, 0.3) is 5.91 Å². The largest absolute Gasteiger partial charge is 0.466 e. The zero-order valence-electron chi connectivity index (χ0n) is 16.9. The number of nitrogens with one attached hydrogen (secondary N) is 1. The van der Waals surface area contributed by atoms with Crippen molar-refractivity contribution in [1.82, 2.24) is 9.88 Å². The van der Waals surface area contributed by atoms with Crippen LogP contribution in [0.5, 0.6) is 0 Å². The van der Waals surface area contributed by atoms with E-state index in [2.05, 4.69) is 5.32 Å². The van der Waals surface area contributed by atoms with Gasteiger partial charge in [0, 0.05) is 28.7 Å². The third kappa shape index (κ3) is 4.35. The summed E-state index contributed by atoms with van der Waals surface area (Å²) in [7, 11) is 1.28. The monoisotopic (exact) mass is 435 g/mol. The number of amides is 1. The van der Waals surface area contributed by atoms with Crippen molar-refractivity contribution in [2.45, 2.75) is 0 Å². The molecule has 2 N–H and O–H groups in total. The smallest absolute Gasteiger partial charge is 0.337 e. The lowest BCUT2D eigenvalue weighted by atomic mass is 10.1. The average Bonchev–Trinajstić information content (AvgIpc) is 3.41. The molecular weight excluding hydrogens is 414 g/mol. The molecule has 0 aliphatic carbocycles. The molecule has 3 aromatic rings. The Kier molecular flexibility index (Phi) is 6.11. The minimum absolute atomic E-state index is 0.0978. The number of aromatic nitrogens is 1. The molecule has 0 atom stereocenters. The van der Waals surface area contributed by atoms with Crippen molar-refractivity contribution in [3.63, 3.8) is 0 Å². The van der Waals surface area contributed by atoms with Crippen LogP contribution in [0.1, 0.15) is 0 Å². The maximum Gasteiger partial charge on any atom is 0.337 e. The molecule has 0 saturated heterocycles. The molecule has 8 heteroatoms. The van der Waals surface area contributed by atoms with E-state index in [-0.39, 0.29) is 36.9 Å². The molecule has 0 fully saturated rings. The number of hydrogen-bond acceptors (Lipinski definition) is 7. The van der Waals surface area contributed by atoms with Crippen molar-refractivity contribution >= 4 is 28.9 Å². The Morgan fingerprint density at radius 2 is 1.97 bits per heavy atom. The van der Waals surface area contributed by atoms with Crippen molar-refractivity contribution in [3.05, 3.63) is 71.2 Å². The van der Waals surface area contributed by atoms with Crippen molar-refractivity contribution in [2.24, 2.45) is 0 Å². The van der Waals surface area contributed by atoms with Gasteiger partial charge in [-0.15, -0.1) is 11.3 Å². The van der Waals surface area contributed by atoms with E-state index in [1.807, 2.05) is 60.0 Å². The molecule has 1 aliphatic rings. The topological polar surface area (TPSA) is 91.8 Å². The van der Waals surface area contributed by atoms with Gasteiger partial charge in [0.15, 0.2) is 0 Å². The molecule has 1 amide bonds. The predicted molar refractivity (Wildman–Crippen MR) is 119 cm³/mol. The molecule has 1 aliphatic heterocycles. The van der Waals surface area contributed by atoms with E-state index < -0.39 is 5.97 Å². The molecule has 0 radical (unpaired) electrons. The van der Waals surface area contributed by atoms with Gasteiger partial charge in [0.1, 0.15) is 10.7 Å². The number of carbonyl (C=O) groups is 2. The van der Waals surface area contributed by atoms with E-state index in [0.29, 0.717) is 5.69 Å². The van der Waals surface area contributed by atoms with Crippen LogP contribution < -0.4 is 5.32 Å². The molecule has 2 aromatic carbocycles. The standard InChI is InChI=1S/C23H21N3O4S/c1-30-23(29)18-13-26(10-11-27)22(28)20(18)24-17-9-5-8-16(12-17)19-14-31-21(25-19)15-6-3-2-4-7-15/h2-9,12,14,24,27H,10-11,13H2,1H3. The van der Waals surface area contributed by atoms with Gasteiger partial charge in [-0.05, 0) is 12.1 Å². The van der Waals surface area contributed by atoms with Crippen LogP contribution in [-0.2, 0) is 14.3 Å². The number of nitrogens with zero attached hydrogens (tertiary/aromatic N) is 2. The van der Waals surface area contributed by atoms with Crippen LogP contribution in [0.15, 0.2) is 71.2 Å². The van der Waals surface area contributed by atoms with Crippen molar-refractivity contribution in [3.8, 4) is 21.8 Å². The molecule has 158 valence electrons. The highest BCUT2D eigenvalue weighted by Gasteiger charge is 2.34. The van der Waals surface area contributed by atoms with E-state index in [4.69, 9.17) is 9.72 Å². The van der Waals surface area contributed by atoms with Gasteiger partial charge in [0.2, 0.25) is 0 Å². The number of esters is 1. The van der Waals surface area contributed by atoms with Crippen LogP contribution in [0.3, 0.4) is 0 Å². The normalized spacial score (nSPS) is 13.6. The Labute approximate surface area is 183 Å². The minimum atomic E-state index is -0.570. The fourth-order valence-corrected chi connectivity index (χ4v) is 4.20. The summed E-state index contributed by atoms with van der Waals surface area (Å²) in [5.74, 6) is -0.917. The van der Waals surface area contributed by atoms with Crippen molar-refractivity contribution in [2.75, 3.05) is 32.1 Å². The molecule has 0 saturated carbocycles. The second-order valence-electron chi connectivity index (χ2n) is 6.91. The Balaban J connectivity index is 1.60. The molecule has 0 spiro atoms. The Morgan fingerprint density at radius 3 is 2.71 bits per heavy atom. The summed E-state index contributed by atoms with van der Waals surface area (Å²) in [6, 6.07) is 17.5. The third-order valence-electron chi connectivity index (χ3n) is 4.91. The van der Waals surface area contributed by atoms with Crippen LogP contribution in [0.2, 0.25) is 0 Å². The second-order valence-corrected chi connectivity index (χ2v) is 7.76. The summed E-state index contributed by atoms with van der Waals surface area (Å²) in [6.45, 7) is 0.0583. The predicted octanol–water partition coefficient (Wildman–Crippen LogP) is 3.15. The lowest BCUT2D eigenvalue weighted by Gasteiger charge is -2.15. The molecule has 4 rings (SSSR count). The quantitative estimate of drug-likeness (QED) is 0.554. The van der Waals surface area contributed by atoms with E-state index in [0.717, 1.165) is 21.8 Å². The number of methoxy groups -OCH3 is 1. The van der Waals surface area contributed by atoms with Gasteiger partial charge in [-0.1, -0.05) is 42.5 Å². The second kappa shape index (κ2) is 9.11. The first kappa shape index (κ1) is 20.8. The van der Waals surface area contributed by atoms with Crippen LogP contribution in [0.4, 0.5) is 5.69 Å². The molecule has 0 bridgehead atoms. The highest BCUT2D eigenvalue weighted by Crippen LogP contribution is 2.31. The summed E-state index contributed by atoms with van der Waals surface area (Å²) in [5.41, 5.74) is 3.84. The van der Waals surface area contributed by atoms with E-state index >= 15 is 0 Å². The zero-order chi connectivity index (χ0) is 21.8. The van der Waals surface area contributed by atoms with Crippen molar-refractivity contribution in [1.29, 1.82) is 0 Å². The van der Waals surface area contributed by atoms with Crippen LogP contribution >= 0.6 is 11.3 Å². The highest BCUT2D eigenvalue weighted by atomic mass is 32.1. The lowest BCUT2D eigenvalue weighted by molar-refractivity contribution is -0.136. The van der Waals surface area contributed by atoms with E-state index in [1.165, 1.54) is 12.0 Å². The molecule has 7 nitrogen and oxygen atoms in total. The molecule has 1 aromatic heterocycles. The third-order valence-corrected chi connectivity index (χ3v) is 5.80. The summed E-state index contributed by atoms with van der Waals surface area (Å²) in [6.07, 6.45) is 0. The Bertz CT molecular complexity index is 1140. The van der Waals surface area contributed by atoms with Gasteiger partial charge in [-0.2, -0.15) is 0 Å². The number of aliphatic hydroxyl groups excluding tert-OH is 1. The van der Waals surface area contributed by atoms with Gasteiger partial charge >= 0.3 is 5.97 Å². The number of hydrogen-bond donors (Lipinski definition) is 2. The van der Waals surface area contributed by atoms with Crippen molar-refractivity contribution < 1.29 is 19.4 Å². The average molecular weight is 436 g/mol. The van der Waals surface area contributed by atoms with Crippen LogP contribution in [0, 0.1) is 0 Å². The number of carbonyl (C=O) groups excluding carboxylic acids is 2. The first-order valence-electron chi connectivity index (χ1n) is 9.70. The molecular formula is C23H21N3O4S. The number of benzene rings is 2. The Hall–Kier alpha value is -3.49. The van der Waals surface area contributed by atoms with Gasteiger partial charge in [0.05, 0.1) is 31.5 Å². The van der Waals surface area contributed by atoms with Gasteiger partial charge in [-0.25, -0.2) is 9.78 Å². The number of anilines is 1. The van der Waals surface area contributed by atoms with E-state index in [1.54, 1.807) is 11.3 Å². The summed E-state index contributed by atoms with van der Waals surface area (Å²) < 4.78 is 4.83. The summed E-state index contributed by atoms with van der Waals surface area (Å²) >= 11 is 1.56. The first-order chi connectivity index (χ1) is 15.1. The maximum absolute atomic E-state index is 12.7. The van der Waals surface area contributed by atoms with E-state index in [9.17, 15) is 14.7 Å². The number of thiazole rings is 1. The van der Waals surface area contributed by atoms with Gasteiger partial charge in [-0.3, -0.25) is 4.79 Å².